The van der Waals surface area contributed by atoms with Gasteiger partial charge in [0.15, 0.2) is 9.84 Å². The average molecular weight is 355 g/mol. The number of benzene rings is 1. The van der Waals surface area contributed by atoms with Crippen molar-refractivity contribution in [3.63, 3.8) is 0 Å². The number of aryl methyl sites for hydroxylation is 1. The Morgan fingerprint density at radius 2 is 1.79 bits per heavy atom. The zero-order valence-corrected chi connectivity index (χ0v) is 14.9. The van der Waals surface area contributed by atoms with E-state index in [1.54, 1.807) is 31.2 Å². The molecule has 0 bridgehead atoms. The van der Waals surface area contributed by atoms with Crippen molar-refractivity contribution in [1.82, 2.24) is 5.32 Å². The summed E-state index contributed by atoms with van der Waals surface area (Å²) < 4.78 is 23.4. The molecule has 0 aromatic heterocycles. The SMILES string of the molecule is CCCC(CNC(=O)CCc1ccc(S(=O)(=O)CC)cc1)C(=O)O. The number of carboxylic acid groups (broad SMARTS) is 1. The quantitative estimate of drug-likeness (QED) is 0.669. The van der Waals surface area contributed by atoms with Crippen molar-refractivity contribution < 1.29 is 23.1 Å². The second kappa shape index (κ2) is 9.42. The smallest absolute Gasteiger partial charge is 0.308 e. The van der Waals surface area contributed by atoms with E-state index in [0.29, 0.717) is 12.8 Å². The first-order valence-corrected chi connectivity index (χ1v) is 9.76. The van der Waals surface area contributed by atoms with Crippen LogP contribution in [0.2, 0.25) is 0 Å². The minimum atomic E-state index is -3.21. The van der Waals surface area contributed by atoms with Gasteiger partial charge in [-0.15, -0.1) is 0 Å². The van der Waals surface area contributed by atoms with Crippen LogP contribution in [0.1, 0.15) is 38.7 Å². The molecule has 0 saturated heterocycles. The summed E-state index contributed by atoms with van der Waals surface area (Å²) in [6.07, 6.45) is 1.99. The van der Waals surface area contributed by atoms with E-state index in [9.17, 15) is 18.0 Å². The van der Waals surface area contributed by atoms with Crippen molar-refractivity contribution in [2.24, 2.45) is 5.92 Å². The number of carbonyl (C=O) groups excluding carboxylic acids is 1. The van der Waals surface area contributed by atoms with E-state index in [0.717, 1.165) is 12.0 Å². The van der Waals surface area contributed by atoms with E-state index in [4.69, 9.17) is 5.11 Å². The molecule has 7 heteroatoms. The number of amides is 1. The highest BCUT2D eigenvalue weighted by molar-refractivity contribution is 7.91. The van der Waals surface area contributed by atoms with Gasteiger partial charge in [0.25, 0.3) is 0 Å². The van der Waals surface area contributed by atoms with Gasteiger partial charge in [-0.3, -0.25) is 9.59 Å². The van der Waals surface area contributed by atoms with Crippen molar-refractivity contribution in [1.29, 1.82) is 0 Å². The molecular formula is C17H25NO5S. The molecule has 1 amide bonds. The minimum Gasteiger partial charge on any atom is -0.481 e. The van der Waals surface area contributed by atoms with Gasteiger partial charge in [-0.25, -0.2) is 8.42 Å². The summed E-state index contributed by atoms with van der Waals surface area (Å²) in [5.41, 5.74) is 0.864. The van der Waals surface area contributed by atoms with Crippen molar-refractivity contribution >= 4 is 21.7 Å². The maximum Gasteiger partial charge on any atom is 0.308 e. The van der Waals surface area contributed by atoms with Gasteiger partial charge in [0, 0.05) is 13.0 Å². The Morgan fingerprint density at radius 1 is 1.17 bits per heavy atom. The summed E-state index contributed by atoms with van der Waals surface area (Å²) in [4.78, 5) is 23.1. The molecule has 0 aliphatic carbocycles. The Balaban J connectivity index is 2.48. The van der Waals surface area contributed by atoms with Crippen molar-refractivity contribution in [3.05, 3.63) is 29.8 Å². The number of carbonyl (C=O) groups is 2. The minimum absolute atomic E-state index is 0.0528. The first kappa shape index (κ1) is 20.2. The molecule has 0 aliphatic heterocycles. The van der Waals surface area contributed by atoms with Crippen molar-refractivity contribution in [2.45, 2.75) is 44.4 Å². The molecule has 0 spiro atoms. The normalized spacial score (nSPS) is 12.6. The van der Waals surface area contributed by atoms with E-state index < -0.39 is 21.7 Å². The molecule has 134 valence electrons. The number of rotatable bonds is 10. The van der Waals surface area contributed by atoms with Gasteiger partial charge < -0.3 is 10.4 Å². The maximum absolute atomic E-state index is 11.8. The number of hydrogen-bond donors (Lipinski definition) is 2. The lowest BCUT2D eigenvalue weighted by Gasteiger charge is -2.12. The molecule has 1 rings (SSSR count). The lowest BCUT2D eigenvalue weighted by molar-refractivity contribution is -0.141. The van der Waals surface area contributed by atoms with E-state index in [1.165, 1.54) is 0 Å². The van der Waals surface area contributed by atoms with E-state index in [1.807, 2.05) is 6.92 Å². The highest BCUT2D eigenvalue weighted by atomic mass is 32.2. The number of hydrogen-bond acceptors (Lipinski definition) is 4. The molecule has 1 atom stereocenters. The fraction of sp³-hybridized carbons (Fsp3) is 0.529. The topological polar surface area (TPSA) is 101 Å². The molecule has 1 unspecified atom stereocenters. The Hall–Kier alpha value is -1.89. The van der Waals surface area contributed by atoms with Crippen LogP contribution in [0.25, 0.3) is 0 Å². The maximum atomic E-state index is 11.8. The standard InChI is InChI=1S/C17H25NO5S/c1-3-5-14(17(20)21)12-18-16(19)11-8-13-6-9-15(10-7-13)24(22,23)4-2/h6-7,9-10,14H,3-5,8,11-12H2,1-2H3,(H,18,19)(H,20,21). The van der Waals surface area contributed by atoms with Crippen LogP contribution in [0.4, 0.5) is 0 Å². The molecular weight excluding hydrogens is 330 g/mol. The van der Waals surface area contributed by atoms with Gasteiger partial charge in [0.1, 0.15) is 0 Å². The summed E-state index contributed by atoms with van der Waals surface area (Å²) in [6, 6.07) is 6.50. The third-order valence-corrected chi connectivity index (χ3v) is 5.59. The molecule has 1 aromatic rings. The summed E-state index contributed by atoms with van der Waals surface area (Å²) in [5, 5.41) is 11.7. The summed E-state index contributed by atoms with van der Waals surface area (Å²) in [7, 11) is -3.21. The van der Waals surface area contributed by atoms with Crippen LogP contribution in [0.3, 0.4) is 0 Å². The summed E-state index contributed by atoms with van der Waals surface area (Å²) >= 11 is 0. The second-order valence-electron chi connectivity index (χ2n) is 5.68. The van der Waals surface area contributed by atoms with Crippen LogP contribution < -0.4 is 5.32 Å². The van der Waals surface area contributed by atoms with Crippen LogP contribution in [0, 0.1) is 5.92 Å². The predicted molar refractivity (Wildman–Crippen MR) is 91.5 cm³/mol. The molecule has 1 aromatic carbocycles. The van der Waals surface area contributed by atoms with Gasteiger partial charge in [-0.05, 0) is 30.5 Å². The largest absolute Gasteiger partial charge is 0.481 e. The Kier molecular flexibility index (Phi) is 7.91. The third kappa shape index (κ3) is 6.31. The zero-order chi connectivity index (χ0) is 18.2. The van der Waals surface area contributed by atoms with Crippen LogP contribution in [0.5, 0.6) is 0 Å². The molecule has 0 radical (unpaired) electrons. The molecule has 2 N–H and O–H groups in total. The average Bonchev–Trinajstić information content (AvgIpc) is 2.56. The zero-order valence-electron chi connectivity index (χ0n) is 14.1. The first-order chi connectivity index (χ1) is 11.3. The van der Waals surface area contributed by atoms with Gasteiger partial charge in [-0.1, -0.05) is 32.4 Å². The lowest BCUT2D eigenvalue weighted by atomic mass is 10.0. The van der Waals surface area contributed by atoms with E-state index >= 15 is 0 Å². The number of nitrogens with one attached hydrogen (secondary N) is 1. The molecule has 0 heterocycles. The van der Waals surface area contributed by atoms with E-state index in [-0.39, 0.29) is 29.5 Å². The fourth-order valence-corrected chi connectivity index (χ4v) is 3.16. The predicted octanol–water partition coefficient (Wildman–Crippen LogP) is 2.03. The second-order valence-corrected chi connectivity index (χ2v) is 7.95. The lowest BCUT2D eigenvalue weighted by Crippen LogP contribution is -2.33. The summed E-state index contributed by atoms with van der Waals surface area (Å²) in [6.45, 7) is 3.63. The number of sulfone groups is 1. The van der Waals surface area contributed by atoms with Crippen LogP contribution in [0.15, 0.2) is 29.2 Å². The van der Waals surface area contributed by atoms with Crippen LogP contribution in [-0.4, -0.2) is 37.7 Å². The fourth-order valence-electron chi connectivity index (χ4n) is 2.27. The molecule has 24 heavy (non-hydrogen) atoms. The molecule has 0 aliphatic rings. The van der Waals surface area contributed by atoms with E-state index in [2.05, 4.69) is 5.32 Å². The molecule has 0 fully saturated rings. The van der Waals surface area contributed by atoms with Crippen molar-refractivity contribution in [3.8, 4) is 0 Å². The molecule has 0 saturated carbocycles. The highest BCUT2D eigenvalue weighted by Crippen LogP contribution is 2.13. The van der Waals surface area contributed by atoms with Gasteiger partial charge >= 0.3 is 5.97 Å². The highest BCUT2D eigenvalue weighted by Gasteiger charge is 2.17. The van der Waals surface area contributed by atoms with Crippen LogP contribution in [-0.2, 0) is 25.8 Å². The Morgan fingerprint density at radius 3 is 2.29 bits per heavy atom. The van der Waals surface area contributed by atoms with Gasteiger partial charge in [0.2, 0.25) is 5.91 Å². The van der Waals surface area contributed by atoms with Gasteiger partial charge in [-0.2, -0.15) is 0 Å². The number of aliphatic carboxylic acids is 1. The van der Waals surface area contributed by atoms with Gasteiger partial charge in [0.05, 0.1) is 16.6 Å². The molecule has 6 nitrogen and oxygen atoms in total. The Labute approximate surface area is 143 Å². The van der Waals surface area contributed by atoms with Crippen LogP contribution >= 0.6 is 0 Å². The first-order valence-electron chi connectivity index (χ1n) is 8.11. The Bertz CT molecular complexity index is 652. The third-order valence-electron chi connectivity index (χ3n) is 3.84. The number of carboxylic acids is 1. The monoisotopic (exact) mass is 355 g/mol. The summed E-state index contributed by atoms with van der Waals surface area (Å²) in [5.74, 6) is -1.61. The van der Waals surface area contributed by atoms with Crippen molar-refractivity contribution in [2.75, 3.05) is 12.3 Å².